The molecule has 1 heterocycles. The molecule has 3 aromatic carbocycles. The van der Waals surface area contributed by atoms with Crippen LogP contribution >= 0.6 is 0 Å². The van der Waals surface area contributed by atoms with Gasteiger partial charge in [0.05, 0.1) is 25.3 Å². The van der Waals surface area contributed by atoms with Crippen molar-refractivity contribution >= 4 is 21.5 Å². The maximum atomic E-state index is 13.8. The van der Waals surface area contributed by atoms with Gasteiger partial charge < -0.3 is 14.8 Å². The third kappa shape index (κ3) is 6.14. The van der Waals surface area contributed by atoms with E-state index in [0.717, 1.165) is 11.1 Å². The molecule has 0 saturated heterocycles. The summed E-state index contributed by atoms with van der Waals surface area (Å²) in [5.41, 5.74) is 2.29. The lowest BCUT2D eigenvalue weighted by atomic mass is 10.2. The summed E-state index contributed by atoms with van der Waals surface area (Å²) >= 11 is 0. The topological polar surface area (TPSA) is 93.7 Å². The third-order valence-corrected chi connectivity index (χ3v) is 7.13. The Morgan fingerprint density at radius 1 is 0.829 bits per heavy atom. The Morgan fingerprint density at radius 2 is 1.43 bits per heavy atom. The average Bonchev–Trinajstić information content (AvgIpc) is 2.90. The predicted molar refractivity (Wildman–Crippen MR) is 134 cm³/mol. The van der Waals surface area contributed by atoms with Crippen molar-refractivity contribution < 1.29 is 17.9 Å². The van der Waals surface area contributed by atoms with Gasteiger partial charge in [-0.25, -0.2) is 13.4 Å². The summed E-state index contributed by atoms with van der Waals surface area (Å²) in [5.74, 6) is 1.94. The lowest BCUT2D eigenvalue weighted by Gasteiger charge is -2.23. The number of benzene rings is 3. The number of sulfonamides is 1. The summed E-state index contributed by atoms with van der Waals surface area (Å²) in [7, 11) is -0.659. The SMILES string of the molecule is COc1ccc(CN(Cc2ccc(OC)cc2)S(=O)(=O)c2cccc(Nc3cnccn3)c2)cc1. The molecule has 8 nitrogen and oxygen atoms in total. The van der Waals surface area contributed by atoms with Gasteiger partial charge in [0, 0.05) is 31.2 Å². The summed E-state index contributed by atoms with van der Waals surface area (Å²) in [5, 5.41) is 3.10. The summed E-state index contributed by atoms with van der Waals surface area (Å²) in [6.45, 7) is 0.389. The Kier molecular flexibility index (Phi) is 7.59. The second kappa shape index (κ2) is 11.0. The molecule has 0 amide bonds. The number of rotatable bonds is 10. The largest absolute Gasteiger partial charge is 0.497 e. The van der Waals surface area contributed by atoms with Crippen LogP contribution in [0.5, 0.6) is 11.5 Å². The van der Waals surface area contributed by atoms with Gasteiger partial charge in [-0.15, -0.1) is 0 Å². The fourth-order valence-electron chi connectivity index (χ4n) is 3.49. The van der Waals surface area contributed by atoms with Gasteiger partial charge in [0.15, 0.2) is 0 Å². The van der Waals surface area contributed by atoms with Crippen LogP contribution in [0.25, 0.3) is 0 Å². The van der Waals surface area contributed by atoms with E-state index in [2.05, 4.69) is 15.3 Å². The van der Waals surface area contributed by atoms with Crippen LogP contribution in [0, 0.1) is 0 Å². The zero-order valence-corrected chi connectivity index (χ0v) is 20.3. The molecule has 35 heavy (non-hydrogen) atoms. The quantitative estimate of drug-likeness (QED) is 0.346. The van der Waals surface area contributed by atoms with Crippen molar-refractivity contribution in [2.24, 2.45) is 0 Å². The number of nitrogens with one attached hydrogen (secondary N) is 1. The normalized spacial score (nSPS) is 11.3. The molecule has 9 heteroatoms. The molecule has 0 aliphatic carbocycles. The zero-order chi connectivity index (χ0) is 24.7. The van der Waals surface area contributed by atoms with Crippen molar-refractivity contribution in [3.8, 4) is 11.5 Å². The Balaban J connectivity index is 1.65. The molecule has 180 valence electrons. The van der Waals surface area contributed by atoms with Crippen molar-refractivity contribution in [3.63, 3.8) is 0 Å². The molecule has 0 bridgehead atoms. The minimum atomic E-state index is -3.85. The van der Waals surface area contributed by atoms with Crippen LogP contribution in [0.4, 0.5) is 11.5 Å². The van der Waals surface area contributed by atoms with Gasteiger partial charge in [-0.05, 0) is 53.6 Å². The summed E-state index contributed by atoms with van der Waals surface area (Å²) in [4.78, 5) is 8.39. The van der Waals surface area contributed by atoms with Crippen molar-refractivity contribution in [2.45, 2.75) is 18.0 Å². The first-order valence-electron chi connectivity index (χ1n) is 10.9. The van der Waals surface area contributed by atoms with Gasteiger partial charge in [-0.3, -0.25) is 4.98 Å². The Bertz CT molecular complexity index is 1300. The van der Waals surface area contributed by atoms with Gasteiger partial charge >= 0.3 is 0 Å². The smallest absolute Gasteiger partial charge is 0.243 e. The molecule has 0 atom stereocenters. The molecule has 0 aliphatic rings. The summed E-state index contributed by atoms with van der Waals surface area (Å²) in [6, 6.07) is 21.4. The van der Waals surface area contributed by atoms with Gasteiger partial charge in [0.25, 0.3) is 0 Å². The molecule has 0 saturated carbocycles. The second-order valence-corrected chi connectivity index (χ2v) is 9.65. The highest BCUT2D eigenvalue weighted by molar-refractivity contribution is 7.89. The van der Waals surface area contributed by atoms with E-state index in [1.165, 1.54) is 4.31 Å². The summed E-state index contributed by atoms with van der Waals surface area (Å²) < 4.78 is 39.5. The fraction of sp³-hybridized carbons (Fsp3) is 0.154. The number of hydrogen-bond acceptors (Lipinski definition) is 7. The lowest BCUT2D eigenvalue weighted by Crippen LogP contribution is -2.30. The molecule has 0 unspecified atom stereocenters. The molecular formula is C26H26N4O4S. The Morgan fingerprint density at radius 3 is 1.94 bits per heavy atom. The van der Waals surface area contributed by atoms with Crippen LogP contribution in [-0.4, -0.2) is 36.9 Å². The molecule has 4 rings (SSSR count). The van der Waals surface area contributed by atoms with E-state index < -0.39 is 10.0 Å². The van der Waals surface area contributed by atoms with Gasteiger partial charge in [0.1, 0.15) is 17.3 Å². The third-order valence-electron chi connectivity index (χ3n) is 5.34. The van der Waals surface area contributed by atoms with Crippen LogP contribution in [0.15, 0.2) is 96.3 Å². The van der Waals surface area contributed by atoms with Crippen LogP contribution in [-0.2, 0) is 23.1 Å². The standard InChI is InChI=1S/C26H26N4O4S/c1-33-23-10-6-20(7-11-23)18-30(19-21-8-12-24(34-2)13-9-21)35(31,32)25-5-3-4-22(16-25)29-26-17-27-14-15-28-26/h3-17H,18-19H2,1-2H3,(H,28,29). The van der Waals surface area contributed by atoms with Gasteiger partial charge in [-0.2, -0.15) is 4.31 Å². The first-order chi connectivity index (χ1) is 17.0. The highest BCUT2D eigenvalue weighted by atomic mass is 32.2. The van der Waals surface area contributed by atoms with E-state index in [1.807, 2.05) is 48.5 Å². The molecule has 0 radical (unpaired) electrons. The number of hydrogen-bond donors (Lipinski definition) is 1. The molecule has 1 aromatic heterocycles. The van der Waals surface area contributed by atoms with Crippen LogP contribution in [0.1, 0.15) is 11.1 Å². The van der Waals surface area contributed by atoms with Crippen molar-refractivity contribution in [1.82, 2.24) is 14.3 Å². The van der Waals surface area contributed by atoms with E-state index >= 15 is 0 Å². The van der Waals surface area contributed by atoms with Crippen LogP contribution in [0.3, 0.4) is 0 Å². The fourth-order valence-corrected chi connectivity index (χ4v) is 4.95. The number of ether oxygens (including phenoxy) is 2. The highest BCUT2D eigenvalue weighted by Gasteiger charge is 2.25. The van der Waals surface area contributed by atoms with Crippen molar-refractivity contribution in [2.75, 3.05) is 19.5 Å². The molecule has 0 spiro atoms. The minimum Gasteiger partial charge on any atom is -0.497 e. The van der Waals surface area contributed by atoms with Crippen molar-refractivity contribution in [1.29, 1.82) is 0 Å². The number of aromatic nitrogens is 2. The summed E-state index contributed by atoms with van der Waals surface area (Å²) in [6.07, 6.45) is 4.71. The molecule has 1 N–H and O–H groups in total. The first-order valence-corrected chi connectivity index (χ1v) is 12.3. The maximum Gasteiger partial charge on any atom is 0.243 e. The molecule has 4 aromatic rings. The van der Waals surface area contributed by atoms with Crippen LogP contribution in [0.2, 0.25) is 0 Å². The average molecular weight is 491 g/mol. The maximum absolute atomic E-state index is 13.8. The monoisotopic (exact) mass is 490 g/mol. The Labute approximate surface area is 205 Å². The Hall–Kier alpha value is -3.95. The van der Waals surface area contributed by atoms with Crippen molar-refractivity contribution in [3.05, 3.63) is 103 Å². The number of nitrogens with zero attached hydrogens (tertiary/aromatic N) is 3. The van der Waals surface area contributed by atoms with Gasteiger partial charge in [0.2, 0.25) is 10.0 Å². The lowest BCUT2D eigenvalue weighted by molar-refractivity contribution is 0.397. The number of anilines is 2. The molecule has 0 fully saturated rings. The van der Waals surface area contributed by atoms with E-state index in [4.69, 9.17) is 9.47 Å². The number of methoxy groups -OCH3 is 2. The van der Waals surface area contributed by atoms with E-state index in [-0.39, 0.29) is 18.0 Å². The zero-order valence-electron chi connectivity index (χ0n) is 19.5. The predicted octanol–water partition coefficient (Wildman–Crippen LogP) is 4.63. The second-order valence-electron chi connectivity index (χ2n) is 7.71. The first kappa shape index (κ1) is 24.2. The van der Waals surface area contributed by atoms with E-state index in [1.54, 1.807) is 57.1 Å². The van der Waals surface area contributed by atoms with E-state index in [9.17, 15) is 8.42 Å². The van der Waals surface area contributed by atoms with Gasteiger partial charge in [-0.1, -0.05) is 30.3 Å². The molecular weight excluding hydrogens is 464 g/mol. The minimum absolute atomic E-state index is 0.174. The van der Waals surface area contributed by atoms with Crippen LogP contribution < -0.4 is 14.8 Å². The van der Waals surface area contributed by atoms with E-state index in [0.29, 0.717) is 23.0 Å². The molecule has 0 aliphatic heterocycles. The highest BCUT2D eigenvalue weighted by Crippen LogP contribution is 2.26.